The lowest BCUT2D eigenvalue weighted by Gasteiger charge is -2.62. The van der Waals surface area contributed by atoms with Crippen LogP contribution in [0.5, 0.6) is 0 Å². The van der Waals surface area contributed by atoms with Gasteiger partial charge in [-0.05, 0) is 132 Å². The number of rotatable bonds is 2. The van der Waals surface area contributed by atoms with Gasteiger partial charge in [0.05, 0.1) is 11.6 Å². The Morgan fingerprint density at radius 1 is 1.03 bits per heavy atom. The van der Waals surface area contributed by atoms with Crippen molar-refractivity contribution >= 4 is 0 Å². The second-order valence-corrected chi connectivity index (χ2v) is 14.7. The number of fused-ring (bicyclic) bond motifs is 3. The summed E-state index contributed by atoms with van der Waals surface area (Å²) < 4.78 is 0. The Morgan fingerprint density at radius 2 is 1.86 bits per heavy atom. The summed E-state index contributed by atoms with van der Waals surface area (Å²) in [6.45, 7) is 14.1. The summed E-state index contributed by atoms with van der Waals surface area (Å²) in [5.41, 5.74) is 7.02. The van der Waals surface area contributed by atoms with Crippen molar-refractivity contribution in [1.29, 1.82) is 0 Å². The molecule has 0 aromatic carbocycles. The molecule has 7 aliphatic rings. The van der Waals surface area contributed by atoms with Gasteiger partial charge in [0.1, 0.15) is 0 Å². The number of piperidine rings is 1. The van der Waals surface area contributed by atoms with Crippen molar-refractivity contribution in [2.75, 3.05) is 0 Å². The summed E-state index contributed by atoms with van der Waals surface area (Å²) in [6.07, 6.45) is 21.6. The van der Waals surface area contributed by atoms with Gasteiger partial charge in [-0.25, -0.2) is 0 Å². The minimum atomic E-state index is -0.0859. The quantitative estimate of drug-likeness (QED) is 0.413. The van der Waals surface area contributed by atoms with Gasteiger partial charge in [0.2, 0.25) is 0 Å². The molecule has 0 aromatic heterocycles. The predicted octanol–water partition coefficient (Wildman–Crippen LogP) is 7.27. The SMILES string of the molecule is C=C(C)C1CCC2(C)CC(C34C=CC56C(CC7CCC(O)CC75)CC(CC3)C6(C)N4)=CC(C)=C2C1. The zero-order valence-corrected chi connectivity index (χ0v) is 22.6. The molecule has 2 heterocycles. The Morgan fingerprint density at radius 3 is 2.66 bits per heavy atom. The lowest BCUT2D eigenvalue weighted by Crippen LogP contribution is -2.71. The topological polar surface area (TPSA) is 32.3 Å². The maximum atomic E-state index is 10.7. The van der Waals surface area contributed by atoms with Crippen LogP contribution in [0.3, 0.4) is 0 Å². The first-order valence-electron chi connectivity index (χ1n) is 14.8. The van der Waals surface area contributed by atoms with Crippen molar-refractivity contribution < 1.29 is 5.11 Å². The van der Waals surface area contributed by atoms with Crippen LogP contribution in [0.15, 0.2) is 47.1 Å². The highest BCUT2D eigenvalue weighted by Gasteiger charge is 2.72. The van der Waals surface area contributed by atoms with Gasteiger partial charge in [-0.15, -0.1) is 0 Å². The van der Waals surface area contributed by atoms with E-state index in [2.05, 4.69) is 57.8 Å². The van der Waals surface area contributed by atoms with E-state index >= 15 is 0 Å². The number of aliphatic hydroxyl groups excluding tert-OH is 1. The lowest BCUT2D eigenvalue weighted by atomic mass is 9.52. The molecule has 2 nitrogen and oxygen atoms in total. The molecule has 5 aliphatic carbocycles. The fourth-order valence-electron chi connectivity index (χ4n) is 11.3. The average Bonchev–Trinajstić information content (AvgIpc) is 3.27. The van der Waals surface area contributed by atoms with Crippen LogP contribution in [-0.4, -0.2) is 22.3 Å². The summed E-state index contributed by atoms with van der Waals surface area (Å²) in [5.74, 6) is 3.74. The molecule has 35 heavy (non-hydrogen) atoms. The minimum absolute atomic E-state index is 0.0256. The fraction of sp³-hybridized carbons (Fsp3) is 0.758. The summed E-state index contributed by atoms with van der Waals surface area (Å²) in [5, 5.41) is 15.2. The standard InChI is InChI=1S/C33H47NO/c1-20(2)22-8-10-30(4)19-26(14-21(3)28(30)16-22)32-11-9-24-17-25-15-23-6-7-27(35)18-29(23)33(25,13-12-32)31(24,5)34-32/h12-14,22-25,27,29,34-35H,1,6-11,15-19H2,2-5H3. The van der Waals surface area contributed by atoms with E-state index in [1.807, 2.05) is 0 Å². The number of allylic oxidation sites excluding steroid dienone is 4. The first-order valence-corrected chi connectivity index (χ1v) is 14.8. The van der Waals surface area contributed by atoms with Crippen LogP contribution < -0.4 is 5.32 Å². The highest BCUT2D eigenvalue weighted by Crippen LogP contribution is 2.73. The van der Waals surface area contributed by atoms with Crippen LogP contribution >= 0.6 is 0 Å². The Hall–Kier alpha value is -1.12. The fourth-order valence-corrected chi connectivity index (χ4v) is 11.3. The summed E-state index contributed by atoms with van der Waals surface area (Å²) >= 11 is 0. The molecule has 10 unspecified atom stereocenters. The molecule has 1 spiro atoms. The lowest BCUT2D eigenvalue weighted by molar-refractivity contribution is -0.0242. The van der Waals surface area contributed by atoms with E-state index in [0.717, 1.165) is 30.6 Å². The first-order chi connectivity index (χ1) is 16.6. The third-order valence-electron chi connectivity index (χ3n) is 13.1. The predicted molar refractivity (Wildman–Crippen MR) is 144 cm³/mol. The molecule has 190 valence electrons. The molecular weight excluding hydrogens is 426 g/mol. The molecule has 2 bridgehead atoms. The van der Waals surface area contributed by atoms with Crippen molar-refractivity contribution in [3.8, 4) is 0 Å². The molecule has 7 rings (SSSR count). The van der Waals surface area contributed by atoms with Gasteiger partial charge < -0.3 is 5.11 Å². The van der Waals surface area contributed by atoms with E-state index in [9.17, 15) is 5.11 Å². The Balaban J connectivity index is 1.29. The van der Waals surface area contributed by atoms with Gasteiger partial charge in [0.25, 0.3) is 0 Å². The third kappa shape index (κ3) is 2.85. The molecule has 2 aliphatic heterocycles. The molecule has 4 saturated carbocycles. The van der Waals surface area contributed by atoms with Crippen LogP contribution in [0, 0.1) is 40.4 Å². The van der Waals surface area contributed by atoms with E-state index in [1.54, 1.807) is 11.1 Å². The highest BCUT2D eigenvalue weighted by atomic mass is 16.3. The maximum absolute atomic E-state index is 10.7. The van der Waals surface area contributed by atoms with Crippen LogP contribution in [0.2, 0.25) is 0 Å². The Kier molecular flexibility index (Phi) is 4.77. The van der Waals surface area contributed by atoms with Crippen LogP contribution in [0.25, 0.3) is 0 Å². The molecule has 5 fully saturated rings. The molecular formula is C33H47NO. The van der Waals surface area contributed by atoms with Crippen LogP contribution in [0.1, 0.15) is 98.3 Å². The van der Waals surface area contributed by atoms with Gasteiger partial charge in [0.15, 0.2) is 0 Å². The van der Waals surface area contributed by atoms with E-state index in [4.69, 9.17) is 0 Å². The molecule has 1 saturated heterocycles. The van der Waals surface area contributed by atoms with Crippen molar-refractivity contribution in [3.05, 3.63) is 47.1 Å². The zero-order valence-electron chi connectivity index (χ0n) is 22.6. The van der Waals surface area contributed by atoms with E-state index in [1.165, 1.54) is 68.9 Å². The van der Waals surface area contributed by atoms with Crippen molar-refractivity contribution in [2.45, 2.75) is 116 Å². The number of hydrogen-bond acceptors (Lipinski definition) is 2. The van der Waals surface area contributed by atoms with Gasteiger partial charge in [-0.1, -0.05) is 48.5 Å². The molecule has 2 heteroatoms. The van der Waals surface area contributed by atoms with Gasteiger partial charge in [-0.3, -0.25) is 5.32 Å². The van der Waals surface area contributed by atoms with Crippen LogP contribution in [-0.2, 0) is 0 Å². The number of nitrogens with one attached hydrogen (secondary N) is 1. The van der Waals surface area contributed by atoms with E-state index < -0.39 is 0 Å². The zero-order chi connectivity index (χ0) is 24.4. The Labute approximate surface area is 213 Å². The molecule has 0 radical (unpaired) electrons. The maximum Gasteiger partial charge on any atom is 0.0588 e. The monoisotopic (exact) mass is 473 g/mol. The van der Waals surface area contributed by atoms with Crippen molar-refractivity contribution in [1.82, 2.24) is 5.32 Å². The summed E-state index contributed by atoms with van der Waals surface area (Å²) in [7, 11) is 0. The first kappa shape index (κ1) is 23.0. The smallest absolute Gasteiger partial charge is 0.0588 e. The Bertz CT molecular complexity index is 1060. The normalized spacial score (nSPS) is 54.1. The molecule has 0 amide bonds. The van der Waals surface area contributed by atoms with Gasteiger partial charge >= 0.3 is 0 Å². The minimum Gasteiger partial charge on any atom is -0.393 e. The largest absolute Gasteiger partial charge is 0.393 e. The van der Waals surface area contributed by atoms with Gasteiger partial charge in [0, 0.05) is 11.0 Å². The summed E-state index contributed by atoms with van der Waals surface area (Å²) in [6, 6.07) is 0. The van der Waals surface area contributed by atoms with Gasteiger partial charge in [-0.2, -0.15) is 0 Å². The molecule has 2 N–H and O–H groups in total. The van der Waals surface area contributed by atoms with Crippen molar-refractivity contribution in [2.24, 2.45) is 40.4 Å². The molecule has 0 aromatic rings. The second kappa shape index (κ2) is 7.25. The average molecular weight is 474 g/mol. The number of hydrogen-bond donors (Lipinski definition) is 2. The molecule has 10 atom stereocenters. The second-order valence-electron chi connectivity index (χ2n) is 14.7. The van der Waals surface area contributed by atoms with Crippen LogP contribution in [0.4, 0.5) is 0 Å². The van der Waals surface area contributed by atoms with E-state index in [-0.39, 0.29) is 22.6 Å². The third-order valence-corrected chi connectivity index (χ3v) is 13.1. The van der Waals surface area contributed by atoms with E-state index in [0.29, 0.717) is 17.3 Å². The highest BCUT2D eigenvalue weighted by molar-refractivity contribution is 5.49. The van der Waals surface area contributed by atoms with Crippen molar-refractivity contribution in [3.63, 3.8) is 0 Å². The number of aliphatic hydroxyl groups is 1. The summed E-state index contributed by atoms with van der Waals surface area (Å²) in [4.78, 5) is 0.